The van der Waals surface area contributed by atoms with Gasteiger partial charge in [-0.1, -0.05) is 12.1 Å². The third-order valence-electron chi connectivity index (χ3n) is 6.27. The number of piperazine rings is 1. The maximum Gasteiger partial charge on any atom is 0.251 e. The number of anilines is 1. The van der Waals surface area contributed by atoms with Crippen LogP contribution in [-0.4, -0.2) is 50.3 Å². The van der Waals surface area contributed by atoms with Gasteiger partial charge in [-0.25, -0.2) is 8.78 Å². The number of hydrogen-bond donors (Lipinski definition) is 1. The highest BCUT2D eigenvalue weighted by molar-refractivity contribution is 5.94. The normalized spacial score (nSPS) is 16.4. The Bertz CT molecular complexity index is 1160. The lowest BCUT2D eigenvalue weighted by Gasteiger charge is -2.40. The maximum atomic E-state index is 13.6. The van der Waals surface area contributed by atoms with Gasteiger partial charge in [0.15, 0.2) is 11.5 Å². The summed E-state index contributed by atoms with van der Waals surface area (Å²) >= 11 is 0. The molecule has 1 N–H and O–H groups in total. The van der Waals surface area contributed by atoms with E-state index in [1.54, 1.807) is 18.2 Å². The van der Waals surface area contributed by atoms with Gasteiger partial charge in [-0.15, -0.1) is 0 Å². The summed E-state index contributed by atoms with van der Waals surface area (Å²) in [6.07, 6.45) is 0. The van der Waals surface area contributed by atoms with Crippen LogP contribution in [0, 0.1) is 11.6 Å². The highest BCUT2D eigenvalue weighted by Gasteiger charge is 2.27. The van der Waals surface area contributed by atoms with E-state index in [4.69, 9.17) is 9.47 Å². The fraction of sp³-hybridized carbons (Fsp3) is 0.269. The molecule has 0 spiro atoms. The van der Waals surface area contributed by atoms with E-state index < -0.39 is 5.82 Å². The number of amides is 1. The van der Waals surface area contributed by atoms with Gasteiger partial charge in [0.25, 0.3) is 5.91 Å². The lowest BCUT2D eigenvalue weighted by Crippen LogP contribution is -2.50. The first-order valence-corrected chi connectivity index (χ1v) is 11.2. The van der Waals surface area contributed by atoms with Gasteiger partial charge < -0.3 is 19.7 Å². The van der Waals surface area contributed by atoms with E-state index >= 15 is 0 Å². The Morgan fingerprint density at radius 2 is 1.65 bits per heavy atom. The zero-order valence-corrected chi connectivity index (χ0v) is 18.5. The lowest BCUT2D eigenvalue weighted by atomic mass is 10.0. The van der Waals surface area contributed by atoms with E-state index in [9.17, 15) is 13.6 Å². The van der Waals surface area contributed by atoms with Crippen molar-refractivity contribution in [1.82, 2.24) is 10.2 Å². The SMILES string of the molecule is O=C(NC[C@@H](c1ccc2c(c1)OCO2)N1CCN(c2ccc(F)cc2)CC1)c1cccc(F)c1. The molecule has 0 aliphatic carbocycles. The van der Waals surface area contributed by atoms with E-state index in [0.29, 0.717) is 18.0 Å². The van der Waals surface area contributed by atoms with Gasteiger partial charge in [0.05, 0.1) is 6.04 Å². The molecule has 0 saturated carbocycles. The van der Waals surface area contributed by atoms with Crippen molar-refractivity contribution < 1.29 is 23.0 Å². The molecule has 1 fully saturated rings. The van der Waals surface area contributed by atoms with E-state index in [0.717, 1.165) is 37.4 Å². The molecule has 3 aromatic rings. The summed E-state index contributed by atoms with van der Waals surface area (Å²) < 4.78 is 37.9. The molecule has 3 aromatic carbocycles. The highest BCUT2D eigenvalue weighted by Crippen LogP contribution is 2.35. The number of carbonyl (C=O) groups is 1. The molecule has 0 unspecified atom stereocenters. The van der Waals surface area contributed by atoms with Crippen molar-refractivity contribution in [2.45, 2.75) is 6.04 Å². The molecule has 1 saturated heterocycles. The van der Waals surface area contributed by atoms with Crippen LogP contribution in [0.4, 0.5) is 14.5 Å². The summed E-state index contributed by atoms with van der Waals surface area (Å²) in [4.78, 5) is 17.2. The third kappa shape index (κ3) is 4.82. The molecule has 8 heteroatoms. The van der Waals surface area contributed by atoms with Crippen molar-refractivity contribution >= 4 is 11.6 Å². The predicted octanol–water partition coefficient (Wildman–Crippen LogP) is 3.99. The molecule has 0 radical (unpaired) electrons. The molecule has 6 nitrogen and oxygen atoms in total. The number of fused-ring (bicyclic) bond motifs is 1. The Morgan fingerprint density at radius 3 is 2.41 bits per heavy atom. The van der Waals surface area contributed by atoms with Crippen LogP contribution in [0.5, 0.6) is 11.5 Å². The van der Waals surface area contributed by atoms with Crippen LogP contribution in [-0.2, 0) is 0 Å². The molecule has 2 heterocycles. The fourth-order valence-corrected chi connectivity index (χ4v) is 4.44. The van der Waals surface area contributed by atoms with Crippen LogP contribution in [0.15, 0.2) is 66.7 Å². The van der Waals surface area contributed by atoms with Gasteiger partial charge in [0.1, 0.15) is 11.6 Å². The zero-order valence-electron chi connectivity index (χ0n) is 18.5. The zero-order chi connectivity index (χ0) is 23.5. The lowest BCUT2D eigenvalue weighted by molar-refractivity contribution is 0.0929. The van der Waals surface area contributed by atoms with Gasteiger partial charge in [0, 0.05) is 44.0 Å². The van der Waals surface area contributed by atoms with Gasteiger partial charge in [-0.05, 0) is 60.2 Å². The van der Waals surface area contributed by atoms with Gasteiger partial charge in [0.2, 0.25) is 6.79 Å². The summed E-state index contributed by atoms with van der Waals surface area (Å²) in [5, 5.41) is 2.96. The van der Waals surface area contributed by atoms with Crippen molar-refractivity contribution in [2.24, 2.45) is 0 Å². The van der Waals surface area contributed by atoms with Crippen LogP contribution >= 0.6 is 0 Å². The fourth-order valence-electron chi connectivity index (χ4n) is 4.44. The van der Waals surface area contributed by atoms with Crippen molar-refractivity contribution in [3.8, 4) is 11.5 Å². The average Bonchev–Trinajstić information content (AvgIpc) is 3.33. The number of nitrogens with one attached hydrogen (secondary N) is 1. The second-order valence-electron chi connectivity index (χ2n) is 8.35. The number of carbonyl (C=O) groups excluding carboxylic acids is 1. The number of halogens is 2. The largest absolute Gasteiger partial charge is 0.454 e. The maximum absolute atomic E-state index is 13.6. The van der Waals surface area contributed by atoms with E-state index in [1.165, 1.54) is 30.3 Å². The molecule has 5 rings (SSSR count). The number of rotatable bonds is 6. The van der Waals surface area contributed by atoms with Crippen molar-refractivity contribution in [2.75, 3.05) is 44.4 Å². The molecule has 0 aromatic heterocycles. The summed E-state index contributed by atoms with van der Waals surface area (Å²) in [5.41, 5.74) is 2.27. The van der Waals surface area contributed by atoms with Crippen LogP contribution in [0.1, 0.15) is 22.0 Å². The second-order valence-corrected chi connectivity index (χ2v) is 8.35. The van der Waals surface area contributed by atoms with Crippen LogP contribution in [0.25, 0.3) is 0 Å². The van der Waals surface area contributed by atoms with Crippen molar-refractivity contribution in [3.63, 3.8) is 0 Å². The average molecular weight is 466 g/mol. The van der Waals surface area contributed by atoms with Gasteiger partial charge in [-0.2, -0.15) is 0 Å². The Labute approximate surface area is 196 Å². The molecule has 2 aliphatic heterocycles. The van der Waals surface area contributed by atoms with E-state index in [2.05, 4.69) is 15.1 Å². The van der Waals surface area contributed by atoms with Crippen LogP contribution < -0.4 is 19.7 Å². The van der Waals surface area contributed by atoms with E-state index in [1.807, 2.05) is 18.2 Å². The molecule has 176 valence electrons. The van der Waals surface area contributed by atoms with E-state index in [-0.39, 0.29) is 30.1 Å². The molecular formula is C26H25F2N3O3. The van der Waals surface area contributed by atoms with Crippen molar-refractivity contribution in [1.29, 1.82) is 0 Å². The van der Waals surface area contributed by atoms with Gasteiger partial charge >= 0.3 is 0 Å². The first kappa shape index (κ1) is 22.2. The summed E-state index contributed by atoms with van der Waals surface area (Å²) in [6, 6.07) is 17.9. The Hall–Kier alpha value is -3.65. The number of benzene rings is 3. The topological polar surface area (TPSA) is 54.0 Å². The number of nitrogens with zero attached hydrogens (tertiary/aromatic N) is 2. The van der Waals surface area contributed by atoms with Crippen LogP contribution in [0.3, 0.4) is 0 Å². The third-order valence-corrected chi connectivity index (χ3v) is 6.27. The molecule has 2 aliphatic rings. The summed E-state index contributed by atoms with van der Waals surface area (Å²) in [5.74, 6) is 0.364. The minimum atomic E-state index is -0.447. The monoisotopic (exact) mass is 465 g/mol. The van der Waals surface area contributed by atoms with Crippen molar-refractivity contribution in [3.05, 3.63) is 89.5 Å². The predicted molar refractivity (Wildman–Crippen MR) is 124 cm³/mol. The Balaban J connectivity index is 1.32. The number of ether oxygens (including phenoxy) is 2. The Kier molecular flexibility index (Phi) is 6.31. The quantitative estimate of drug-likeness (QED) is 0.597. The first-order valence-electron chi connectivity index (χ1n) is 11.2. The molecule has 1 amide bonds. The highest BCUT2D eigenvalue weighted by atomic mass is 19.1. The molecular weight excluding hydrogens is 440 g/mol. The molecule has 1 atom stereocenters. The smallest absolute Gasteiger partial charge is 0.251 e. The minimum absolute atomic E-state index is 0.109. The minimum Gasteiger partial charge on any atom is -0.454 e. The van der Waals surface area contributed by atoms with Crippen LogP contribution in [0.2, 0.25) is 0 Å². The number of hydrogen-bond acceptors (Lipinski definition) is 5. The summed E-state index contributed by atoms with van der Waals surface area (Å²) in [6.45, 7) is 3.59. The molecule has 34 heavy (non-hydrogen) atoms. The molecule has 0 bridgehead atoms. The summed E-state index contributed by atoms with van der Waals surface area (Å²) in [7, 11) is 0. The second kappa shape index (κ2) is 9.69. The Morgan fingerprint density at radius 1 is 0.882 bits per heavy atom. The van der Waals surface area contributed by atoms with Gasteiger partial charge in [-0.3, -0.25) is 9.69 Å². The standard InChI is InChI=1S/C26H25F2N3O3/c27-20-5-7-22(8-6-20)30-10-12-31(13-11-30)23(18-4-9-24-25(15-18)34-17-33-24)16-29-26(32)19-2-1-3-21(28)14-19/h1-9,14-15,23H,10-13,16-17H2,(H,29,32)/t23-/m0/s1. The first-order chi connectivity index (χ1) is 16.6.